The number of nitrogens with one attached hydrogen (secondary N) is 1. The second-order valence-corrected chi connectivity index (χ2v) is 4.50. The van der Waals surface area contributed by atoms with Crippen LogP contribution in [0, 0.1) is 0 Å². The van der Waals surface area contributed by atoms with Crippen molar-refractivity contribution in [2.75, 3.05) is 13.6 Å². The average Bonchev–Trinajstić information content (AvgIpc) is 2.46. The number of likely N-dealkylation sites (N-methyl/N-ethyl adjacent to an activating group) is 1. The molecular weight excluding hydrogens is 246 g/mol. The summed E-state index contributed by atoms with van der Waals surface area (Å²) in [7, 11) is 1.55. The Labute approximate surface area is 111 Å². The number of likely N-dealkylation sites (tertiary alicyclic amines) is 1. The van der Waals surface area contributed by atoms with Crippen molar-refractivity contribution in [3.05, 3.63) is 24.0 Å². The third kappa shape index (κ3) is 2.67. The van der Waals surface area contributed by atoms with E-state index >= 15 is 0 Å². The molecule has 0 saturated carbocycles. The molecule has 0 spiro atoms. The summed E-state index contributed by atoms with van der Waals surface area (Å²) >= 11 is 0. The predicted molar refractivity (Wildman–Crippen MR) is 68.6 cm³/mol. The van der Waals surface area contributed by atoms with E-state index in [9.17, 15) is 14.7 Å². The summed E-state index contributed by atoms with van der Waals surface area (Å²) in [6.07, 6.45) is 3.85. The third-order valence-electron chi connectivity index (χ3n) is 3.30. The number of piperidine rings is 1. The zero-order valence-corrected chi connectivity index (χ0v) is 10.8. The lowest BCUT2D eigenvalue weighted by atomic mass is 10.0. The zero-order chi connectivity index (χ0) is 13.8. The standard InChI is InChI=1S/C13H17N3O3/c1-14-12(18)9-5-2-3-8-16(9)13(19)11-10(17)6-4-7-15-11/h4,6-7,9,17H,2-3,5,8H2,1H3,(H,14,18)/t9-/m0/s1. The van der Waals surface area contributed by atoms with E-state index in [2.05, 4.69) is 10.3 Å². The molecule has 19 heavy (non-hydrogen) atoms. The highest BCUT2D eigenvalue weighted by atomic mass is 16.3. The zero-order valence-electron chi connectivity index (χ0n) is 10.8. The van der Waals surface area contributed by atoms with Gasteiger partial charge in [0, 0.05) is 19.8 Å². The van der Waals surface area contributed by atoms with Crippen molar-refractivity contribution >= 4 is 11.8 Å². The van der Waals surface area contributed by atoms with Gasteiger partial charge in [-0.25, -0.2) is 4.98 Å². The third-order valence-corrected chi connectivity index (χ3v) is 3.30. The van der Waals surface area contributed by atoms with Crippen molar-refractivity contribution in [1.82, 2.24) is 15.2 Å². The minimum Gasteiger partial charge on any atom is -0.505 e. The molecular formula is C13H17N3O3. The highest BCUT2D eigenvalue weighted by Gasteiger charge is 2.33. The molecule has 1 aliphatic rings. The molecule has 1 aromatic heterocycles. The van der Waals surface area contributed by atoms with Crippen molar-refractivity contribution in [2.45, 2.75) is 25.3 Å². The summed E-state index contributed by atoms with van der Waals surface area (Å²) in [6.45, 7) is 0.507. The Morgan fingerprint density at radius 2 is 2.26 bits per heavy atom. The lowest BCUT2D eigenvalue weighted by Crippen LogP contribution is -2.51. The van der Waals surface area contributed by atoms with Crippen LogP contribution in [0.4, 0.5) is 0 Å². The molecule has 1 aliphatic heterocycles. The van der Waals surface area contributed by atoms with E-state index in [4.69, 9.17) is 0 Å². The smallest absolute Gasteiger partial charge is 0.276 e. The van der Waals surface area contributed by atoms with Crippen LogP contribution in [0.2, 0.25) is 0 Å². The molecule has 0 unspecified atom stereocenters. The van der Waals surface area contributed by atoms with Crippen LogP contribution in [0.15, 0.2) is 18.3 Å². The topological polar surface area (TPSA) is 82.5 Å². The van der Waals surface area contributed by atoms with Gasteiger partial charge in [-0.2, -0.15) is 0 Å². The second-order valence-electron chi connectivity index (χ2n) is 4.50. The number of hydrogen-bond acceptors (Lipinski definition) is 4. The highest BCUT2D eigenvalue weighted by molar-refractivity contribution is 5.98. The Morgan fingerprint density at radius 3 is 2.95 bits per heavy atom. The molecule has 6 heteroatoms. The fraction of sp³-hybridized carbons (Fsp3) is 0.462. The van der Waals surface area contributed by atoms with E-state index < -0.39 is 11.9 Å². The van der Waals surface area contributed by atoms with Gasteiger partial charge < -0.3 is 15.3 Å². The van der Waals surface area contributed by atoms with Crippen LogP contribution >= 0.6 is 0 Å². The summed E-state index contributed by atoms with van der Waals surface area (Å²) < 4.78 is 0. The molecule has 2 amide bonds. The van der Waals surface area contributed by atoms with Gasteiger partial charge in [0.25, 0.3) is 5.91 Å². The van der Waals surface area contributed by atoms with Gasteiger partial charge in [-0.3, -0.25) is 9.59 Å². The largest absolute Gasteiger partial charge is 0.505 e. The number of carbonyl (C=O) groups is 2. The number of amides is 2. The Morgan fingerprint density at radius 1 is 1.47 bits per heavy atom. The van der Waals surface area contributed by atoms with E-state index in [1.807, 2.05) is 0 Å². The van der Waals surface area contributed by atoms with Crippen LogP contribution in [-0.4, -0.2) is 46.4 Å². The Balaban J connectivity index is 2.25. The molecule has 1 atom stereocenters. The lowest BCUT2D eigenvalue weighted by molar-refractivity contribution is -0.126. The van der Waals surface area contributed by atoms with Gasteiger partial charge >= 0.3 is 0 Å². The SMILES string of the molecule is CNC(=O)[C@@H]1CCCCN1C(=O)c1ncccc1O. The summed E-state index contributed by atoms with van der Waals surface area (Å²) in [6, 6.07) is 2.49. The van der Waals surface area contributed by atoms with E-state index in [1.165, 1.54) is 17.2 Å². The van der Waals surface area contributed by atoms with Gasteiger partial charge in [-0.1, -0.05) is 0 Å². The summed E-state index contributed by atoms with van der Waals surface area (Å²) in [4.78, 5) is 29.6. The van der Waals surface area contributed by atoms with Gasteiger partial charge in [-0.15, -0.1) is 0 Å². The normalized spacial score (nSPS) is 19.0. The van der Waals surface area contributed by atoms with Gasteiger partial charge in [0.05, 0.1) is 0 Å². The van der Waals surface area contributed by atoms with Crippen molar-refractivity contribution in [3.8, 4) is 5.75 Å². The number of aromatic hydroxyl groups is 1. The number of nitrogens with zero attached hydrogens (tertiary/aromatic N) is 2. The molecule has 1 fully saturated rings. The second kappa shape index (κ2) is 5.69. The average molecular weight is 263 g/mol. The Hall–Kier alpha value is -2.11. The molecule has 0 bridgehead atoms. The van der Waals surface area contributed by atoms with E-state index in [1.54, 1.807) is 13.1 Å². The quantitative estimate of drug-likeness (QED) is 0.815. The molecule has 2 rings (SSSR count). The number of aromatic nitrogens is 1. The number of carbonyl (C=O) groups excluding carboxylic acids is 2. The summed E-state index contributed by atoms with van der Waals surface area (Å²) in [5.74, 6) is -0.733. The first kappa shape index (κ1) is 13.3. The van der Waals surface area contributed by atoms with Crippen LogP contribution in [-0.2, 0) is 4.79 Å². The molecule has 0 aromatic carbocycles. The van der Waals surface area contributed by atoms with Crippen molar-refractivity contribution in [2.24, 2.45) is 0 Å². The van der Waals surface area contributed by atoms with Crippen LogP contribution in [0.3, 0.4) is 0 Å². The molecule has 1 saturated heterocycles. The first-order valence-corrected chi connectivity index (χ1v) is 6.31. The monoisotopic (exact) mass is 263 g/mol. The molecule has 2 N–H and O–H groups in total. The van der Waals surface area contributed by atoms with E-state index in [0.717, 1.165) is 12.8 Å². The number of rotatable bonds is 2. The minimum atomic E-state index is -0.479. The lowest BCUT2D eigenvalue weighted by Gasteiger charge is -2.34. The van der Waals surface area contributed by atoms with E-state index in [0.29, 0.717) is 13.0 Å². The first-order chi connectivity index (χ1) is 9.15. The van der Waals surface area contributed by atoms with Crippen LogP contribution in [0.25, 0.3) is 0 Å². The number of hydrogen-bond donors (Lipinski definition) is 2. The minimum absolute atomic E-state index is 0.00157. The van der Waals surface area contributed by atoms with Crippen LogP contribution in [0.5, 0.6) is 5.75 Å². The van der Waals surface area contributed by atoms with Crippen molar-refractivity contribution < 1.29 is 14.7 Å². The van der Waals surface area contributed by atoms with Gasteiger partial charge in [0.15, 0.2) is 5.69 Å². The fourth-order valence-electron chi connectivity index (χ4n) is 2.31. The molecule has 0 aliphatic carbocycles. The van der Waals surface area contributed by atoms with Gasteiger partial charge in [-0.05, 0) is 31.4 Å². The molecule has 2 heterocycles. The van der Waals surface area contributed by atoms with Gasteiger partial charge in [0.2, 0.25) is 5.91 Å². The molecule has 6 nitrogen and oxygen atoms in total. The first-order valence-electron chi connectivity index (χ1n) is 6.31. The maximum Gasteiger partial charge on any atom is 0.276 e. The van der Waals surface area contributed by atoms with E-state index in [-0.39, 0.29) is 17.4 Å². The summed E-state index contributed by atoms with van der Waals surface area (Å²) in [5.41, 5.74) is -0.00157. The van der Waals surface area contributed by atoms with Crippen molar-refractivity contribution in [3.63, 3.8) is 0 Å². The Kier molecular flexibility index (Phi) is 3.99. The van der Waals surface area contributed by atoms with Gasteiger partial charge in [0.1, 0.15) is 11.8 Å². The highest BCUT2D eigenvalue weighted by Crippen LogP contribution is 2.22. The molecule has 0 radical (unpaired) electrons. The fourth-order valence-corrected chi connectivity index (χ4v) is 2.31. The Bertz CT molecular complexity index is 490. The number of pyridine rings is 1. The maximum atomic E-state index is 12.4. The van der Waals surface area contributed by atoms with Crippen LogP contribution in [0.1, 0.15) is 29.8 Å². The van der Waals surface area contributed by atoms with Crippen molar-refractivity contribution in [1.29, 1.82) is 0 Å². The maximum absolute atomic E-state index is 12.4. The predicted octanol–water partition coefficient (Wildman–Crippen LogP) is 0.528. The van der Waals surface area contributed by atoms with Crippen LogP contribution < -0.4 is 5.32 Å². The molecule has 1 aromatic rings. The molecule has 102 valence electrons. The summed E-state index contributed by atoms with van der Waals surface area (Å²) in [5, 5.41) is 12.3.